The number of ether oxygens (including phenoxy) is 3. The van der Waals surface area contributed by atoms with E-state index < -0.39 is 0 Å². The Kier molecular flexibility index (Phi) is 6.49. The Labute approximate surface area is 143 Å². The predicted molar refractivity (Wildman–Crippen MR) is 91.0 cm³/mol. The molecule has 0 N–H and O–H groups in total. The normalized spacial score (nSPS) is 21.6. The van der Waals surface area contributed by atoms with Gasteiger partial charge in [0.2, 0.25) is 5.91 Å². The molecule has 2 heterocycles. The molecule has 24 heavy (non-hydrogen) atoms. The van der Waals surface area contributed by atoms with E-state index >= 15 is 0 Å². The molecule has 0 aliphatic carbocycles. The molecule has 1 aromatic carbocycles. The second kappa shape index (κ2) is 9.04. The van der Waals surface area contributed by atoms with Gasteiger partial charge in [-0.25, -0.2) is 0 Å². The molecule has 2 fully saturated rings. The van der Waals surface area contributed by atoms with Crippen molar-refractivity contribution >= 4 is 5.91 Å². The van der Waals surface area contributed by atoms with E-state index in [4.69, 9.17) is 14.2 Å². The van der Waals surface area contributed by atoms with Crippen molar-refractivity contribution in [3.63, 3.8) is 0 Å². The van der Waals surface area contributed by atoms with Gasteiger partial charge in [0.25, 0.3) is 0 Å². The molecule has 2 aliphatic heterocycles. The summed E-state index contributed by atoms with van der Waals surface area (Å²) < 4.78 is 16.9. The smallest absolute Gasteiger partial charge is 0.226 e. The van der Waals surface area contributed by atoms with Crippen LogP contribution in [0.15, 0.2) is 30.3 Å². The van der Waals surface area contributed by atoms with Gasteiger partial charge in [-0.2, -0.15) is 0 Å². The van der Waals surface area contributed by atoms with E-state index in [1.165, 1.54) is 0 Å². The Bertz CT molecular complexity index is 495. The quantitative estimate of drug-likeness (QED) is 0.769. The molecule has 2 aliphatic rings. The molecule has 0 spiro atoms. The zero-order valence-corrected chi connectivity index (χ0v) is 14.2. The maximum Gasteiger partial charge on any atom is 0.226 e. The number of hydrogen-bond acceptors (Lipinski definition) is 4. The van der Waals surface area contributed by atoms with Crippen LogP contribution in [0.3, 0.4) is 0 Å². The summed E-state index contributed by atoms with van der Waals surface area (Å²) in [6.45, 7) is 3.96. The van der Waals surface area contributed by atoms with Crippen molar-refractivity contribution in [2.75, 3.05) is 39.5 Å². The van der Waals surface area contributed by atoms with E-state index in [1.54, 1.807) is 0 Å². The maximum atomic E-state index is 12.9. The van der Waals surface area contributed by atoms with Gasteiger partial charge in [-0.15, -0.1) is 0 Å². The number of rotatable bonds is 7. The Hall–Kier alpha value is -1.59. The van der Waals surface area contributed by atoms with Crippen LogP contribution in [-0.4, -0.2) is 56.4 Å². The van der Waals surface area contributed by atoms with E-state index in [0.717, 1.165) is 38.0 Å². The van der Waals surface area contributed by atoms with Gasteiger partial charge < -0.3 is 19.1 Å². The van der Waals surface area contributed by atoms with Crippen molar-refractivity contribution in [1.29, 1.82) is 0 Å². The fourth-order valence-corrected chi connectivity index (χ4v) is 3.32. The number of amides is 1. The van der Waals surface area contributed by atoms with Crippen LogP contribution in [0.4, 0.5) is 0 Å². The van der Waals surface area contributed by atoms with Crippen LogP contribution < -0.4 is 4.74 Å². The van der Waals surface area contributed by atoms with Crippen LogP contribution in [0.5, 0.6) is 5.75 Å². The summed E-state index contributed by atoms with van der Waals surface area (Å²) in [6, 6.07) is 9.74. The van der Waals surface area contributed by atoms with Crippen molar-refractivity contribution in [2.45, 2.75) is 31.8 Å². The molecule has 5 heteroatoms. The molecule has 3 rings (SSSR count). The monoisotopic (exact) mass is 333 g/mol. The summed E-state index contributed by atoms with van der Waals surface area (Å²) in [4.78, 5) is 14.8. The summed E-state index contributed by atoms with van der Waals surface area (Å²) in [7, 11) is 0. The summed E-state index contributed by atoms with van der Waals surface area (Å²) in [5, 5.41) is 0. The summed E-state index contributed by atoms with van der Waals surface area (Å²) in [5.41, 5.74) is 0. The van der Waals surface area contributed by atoms with Crippen molar-refractivity contribution in [2.24, 2.45) is 5.92 Å². The van der Waals surface area contributed by atoms with E-state index in [1.807, 2.05) is 35.2 Å². The number of hydrogen-bond donors (Lipinski definition) is 0. The summed E-state index contributed by atoms with van der Waals surface area (Å²) in [6.07, 6.45) is 3.94. The van der Waals surface area contributed by atoms with E-state index in [9.17, 15) is 4.79 Å². The number of benzene rings is 1. The summed E-state index contributed by atoms with van der Waals surface area (Å²) in [5.74, 6) is 1.15. The Balaban J connectivity index is 1.54. The first-order valence-corrected chi connectivity index (χ1v) is 8.99. The lowest BCUT2D eigenvalue weighted by molar-refractivity contribution is -0.140. The highest BCUT2D eigenvalue weighted by molar-refractivity contribution is 5.79. The minimum Gasteiger partial charge on any atom is -0.492 e. The van der Waals surface area contributed by atoms with Gasteiger partial charge >= 0.3 is 0 Å². The Morgan fingerprint density at radius 3 is 2.62 bits per heavy atom. The van der Waals surface area contributed by atoms with Crippen LogP contribution in [-0.2, 0) is 14.3 Å². The molecule has 0 bridgehead atoms. The molecule has 1 amide bonds. The standard InChI is InChI=1S/C19H27NO4/c21-19(16-8-12-22-13-9-16)20(15-18-7-4-11-23-18)10-14-24-17-5-2-1-3-6-17/h1-3,5-6,16,18H,4,7-15H2/t18-/m0/s1. The number of carbonyl (C=O) groups excluding carboxylic acids is 1. The Morgan fingerprint density at radius 1 is 1.12 bits per heavy atom. The van der Waals surface area contributed by atoms with Gasteiger partial charge in [-0.3, -0.25) is 4.79 Å². The van der Waals surface area contributed by atoms with Gasteiger partial charge in [0.05, 0.1) is 12.6 Å². The van der Waals surface area contributed by atoms with E-state index in [-0.39, 0.29) is 17.9 Å². The third-order valence-electron chi connectivity index (χ3n) is 4.70. The predicted octanol–water partition coefficient (Wildman–Crippen LogP) is 2.50. The average molecular weight is 333 g/mol. The van der Waals surface area contributed by atoms with Crippen molar-refractivity contribution < 1.29 is 19.0 Å². The van der Waals surface area contributed by atoms with Crippen molar-refractivity contribution in [1.82, 2.24) is 4.90 Å². The molecule has 0 saturated carbocycles. The van der Waals surface area contributed by atoms with E-state index in [0.29, 0.717) is 32.9 Å². The minimum absolute atomic E-state index is 0.0804. The zero-order valence-electron chi connectivity index (χ0n) is 14.2. The summed E-state index contributed by atoms with van der Waals surface area (Å²) >= 11 is 0. The number of para-hydroxylation sites is 1. The maximum absolute atomic E-state index is 12.9. The fourth-order valence-electron chi connectivity index (χ4n) is 3.32. The van der Waals surface area contributed by atoms with Crippen LogP contribution in [0.2, 0.25) is 0 Å². The number of nitrogens with zero attached hydrogens (tertiary/aromatic N) is 1. The molecule has 5 nitrogen and oxygen atoms in total. The van der Waals surface area contributed by atoms with Crippen LogP contribution in [0.1, 0.15) is 25.7 Å². The lowest BCUT2D eigenvalue weighted by Crippen LogP contribution is -2.44. The second-order valence-corrected chi connectivity index (χ2v) is 6.47. The van der Waals surface area contributed by atoms with Gasteiger partial charge in [-0.1, -0.05) is 18.2 Å². The van der Waals surface area contributed by atoms with Gasteiger partial charge in [0.1, 0.15) is 12.4 Å². The topological polar surface area (TPSA) is 48.0 Å². The first-order valence-electron chi connectivity index (χ1n) is 8.99. The molecule has 1 atom stereocenters. The van der Waals surface area contributed by atoms with E-state index in [2.05, 4.69) is 0 Å². The average Bonchev–Trinajstić information content (AvgIpc) is 3.15. The first-order chi connectivity index (χ1) is 11.8. The molecule has 1 aromatic rings. The first kappa shape index (κ1) is 17.2. The third kappa shape index (κ3) is 4.95. The van der Waals surface area contributed by atoms with Crippen LogP contribution in [0.25, 0.3) is 0 Å². The molecule has 0 aromatic heterocycles. The lowest BCUT2D eigenvalue weighted by Gasteiger charge is -2.31. The molecule has 2 saturated heterocycles. The van der Waals surface area contributed by atoms with Crippen LogP contribution >= 0.6 is 0 Å². The number of carbonyl (C=O) groups is 1. The highest BCUT2D eigenvalue weighted by atomic mass is 16.5. The Morgan fingerprint density at radius 2 is 1.92 bits per heavy atom. The largest absolute Gasteiger partial charge is 0.492 e. The highest BCUT2D eigenvalue weighted by Crippen LogP contribution is 2.20. The molecule has 132 valence electrons. The lowest BCUT2D eigenvalue weighted by atomic mass is 9.98. The minimum atomic E-state index is 0.0804. The molecular weight excluding hydrogens is 306 g/mol. The SMILES string of the molecule is O=C(C1CCOCC1)N(CCOc1ccccc1)C[C@@H]1CCCO1. The second-order valence-electron chi connectivity index (χ2n) is 6.47. The van der Waals surface area contributed by atoms with Crippen molar-refractivity contribution in [3.05, 3.63) is 30.3 Å². The van der Waals surface area contributed by atoms with Gasteiger partial charge in [0, 0.05) is 32.3 Å². The molecular formula is C19H27NO4. The van der Waals surface area contributed by atoms with Crippen molar-refractivity contribution in [3.8, 4) is 5.75 Å². The van der Waals surface area contributed by atoms with Gasteiger partial charge in [-0.05, 0) is 37.8 Å². The van der Waals surface area contributed by atoms with Gasteiger partial charge in [0.15, 0.2) is 0 Å². The zero-order chi connectivity index (χ0) is 16.6. The third-order valence-corrected chi connectivity index (χ3v) is 4.70. The molecule has 0 radical (unpaired) electrons. The molecule has 0 unspecified atom stereocenters. The highest BCUT2D eigenvalue weighted by Gasteiger charge is 2.29. The van der Waals surface area contributed by atoms with Crippen LogP contribution in [0, 0.1) is 5.92 Å². The fraction of sp³-hybridized carbons (Fsp3) is 0.632.